The van der Waals surface area contributed by atoms with Crippen molar-refractivity contribution in [3.05, 3.63) is 12.3 Å². The first-order chi connectivity index (χ1) is 5.74. The highest BCUT2D eigenvalue weighted by molar-refractivity contribution is 5.84. The molecular weight excluding hydrogens is 148 g/mol. The number of rotatable bonds is 4. The van der Waals surface area contributed by atoms with Crippen molar-refractivity contribution in [1.29, 1.82) is 0 Å². The Labute approximate surface area is 75.0 Å². The summed E-state index contributed by atoms with van der Waals surface area (Å²) in [6.45, 7) is 5.08. The molecule has 0 heterocycles. The van der Waals surface area contributed by atoms with E-state index in [1.54, 1.807) is 0 Å². The molecule has 0 amide bonds. The van der Waals surface area contributed by atoms with Gasteiger partial charge < -0.3 is 0 Å². The van der Waals surface area contributed by atoms with E-state index >= 15 is 0 Å². The Morgan fingerprint density at radius 1 is 1.58 bits per heavy atom. The average Bonchev–Trinajstić information content (AvgIpc) is 2.82. The van der Waals surface area contributed by atoms with E-state index < -0.39 is 0 Å². The lowest BCUT2D eigenvalue weighted by Gasteiger charge is -2.14. The van der Waals surface area contributed by atoms with Crippen LogP contribution in [0.2, 0.25) is 0 Å². The van der Waals surface area contributed by atoms with E-state index in [1.807, 2.05) is 19.2 Å². The van der Waals surface area contributed by atoms with Crippen LogP contribution in [-0.2, 0) is 0 Å². The van der Waals surface area contributed by atoms with Crippen molar-refractivity contribution in [2.45, 2.75) is 32.7 Å². The number of allylic oxidation sites excluding steroid dienone is 1. The number of hydrogen-bond acceptors (Lipinski definition) is 2. The van der Waals surface area contributed by atoms with Gasteiger partial charge in [-0.1, -0.05) is 6.08 Å². The molecule has 68 valence electrons. The summed E-state index contributed by atoms with van der Waals surface area (Å²) < 4.78 is 0. The van der Waals surface area contributed by atoms with Crippen molar-refractivity contribution in [2.24, 2.45) is 4.99 Å². The zero-order valence-electron chi connectivity index (χ0n) is 8.25. The number of aliphatic imine (C=N–C) groups is 1. The molecule has 0 aromatic carbocycles. The second-order valence-electron chi connectivity index (χ2n) is 3.49. The lowest BCUT2D eigenvalue weighted by Crippen LogP contribution is -2.26. The maximum Gasteiger partial charge on any atom is 0.0364 e. The van der Waals surface area contributed by atoms with Gasteiger partial charge in [0.2, 0.25) is 0 Å². The number of hydrogen-bond donors (Lipinski definition) is 0. The van der Waals surface area contributed by atoms with Gasteiger partial charge in [0.1, 0.15) is 0 Å². The van der Waals surface area contributed by atoms with Gasteiger partial charge in [0, 0.05) is 24.5 Å². The minimum Gasteiger partial charge on any atom is -0.298 e. The van der Waals surface area contributed by atoms with E-state index in [4.69, 9.17) is 0 Å². The van der Waals surface area contributed by atoms with Gasteiger partial charge in [0.25, 0.3) is 0 Å². The molecule has 1 rings (SSSR count). The van der Waals surface area contributed by atoms with E-state index in [9.17, 15) is 0 Å². The Balaban J connectivity index is 2.28. The molecule has 1 saturated carbocycles. The molecule has 0 N–H and O–H groups in total. The second-order valence-corrected chi connectivity index (χ2v) is 3.49. The largest absolute Gasteiger partial charge is 0.298 e. The Kier molecular flexibility index (Phi) is 3.48. The third-order valence-electron chi connectivity index (χ3n) is 2.09. The van der Waals surface area contributed by atoms with Crippen LogP contribution in [0.4, 0.5) is 0 Å². The van der Waals surface area contributed by atoms with Gasteiger partial charge in [-0.25, -0.2) is 0 Å². The van der Waals surface area contributed by atoms with Crippen molar-refractivity contribution < 1.29 is 0 Å². The third-order valence-corrected chi connectivity index (χ3v) is 2.09. The van der Waals surface area contributed by atoms with E-state index in [-0.39, 0.29) is 0 Å². The van der Waals surface area contributed by atoms with Crippen molar-refractivity contribution in [1.82, 2.24) is 4.90 Å². The average molecular weight is 166 g/mol. The van der Waals surface area contributed by atoms with Crippen LogP contribution in [0, 0.1) is 0 Å². The first-order valence-electron chi connectivity index (χ1n) is 4.58. The standard InChI is InChI=1S/C10H18N2/c1-4-7-11-9(2)8-12(3)10-5-6-10/h4,7,10H,5-6,8H2,1-3H3/b7-4-,11-9+. The summed E-state index contributed by atoms with van der Waals surface area (Å²) in [5, 5.41) is 0. The maximum absolute atomic E-state index is 4.29. The van der Waals surface area contributed by atoms with E-state index in [1.165, 1.54) is 18.6 Å². The molecule has 0 spiro atoms. The molecule has 0 atom stereocenters. The summed E-state index contributed by atoms with van der Waals surface area (Å²) in [5.41, 5.74) is 1.20. The Bertz CT molecular complexity index is 190. The van der Waals surface area contributed by atoms with Crippen LogP contribution in [0.15, 0.2) is 17.3 Å². The van der Waals surface area contributed by atoms with Crippen LogP contribution in [0.5, 0.6) is 0 Å². The van der Waals surface area contributed by atoms with Gasteiger partial charge in [0.15, 0.2) is 0 Å². The van der Waals surface area contributed by atoms with Gasteiger partial charge in [-0.15, -0.1) is 0 Å². The fourth-order valence-electron chi connectivity index (χ4n) is 1.25. The van der Waals surface area contributed by atoms with Crippen LogP contribution in [-0.4, -0.2) is 30.2 Å². The minimum absolute atomic E-state index is 0.834. The lowest BCUT2D eigenvalue weighted by molar-refractivity contribution is 0.370. The molecule has 0 unspecified atom stereocenters. The smallest absolute Gasteiger partial charge is 0.0364 e. The van der Waals surface area contributed by atoms with Gasteiger partial charge in [0.05, 0.1) is 0 Å². The molecule has 1 aliphatic carbocycles. The predicted molar refractivity (Wildman–Crippen MR) is 53.6 cm³/mol. The summed E-state index contributed by atoms with van der Waals surface area (Å²) in [5.74, 6) is 0. The maximum atomic E-state index is 4.29. The quantitative estimate of drug-likeness (QED) is 0.584. The third kappa shape index (κ3) is 3.18. The molecule has 0 bridgehead atoms. The zero-order valence-corrected chi connectivity index (χ0v) is 8.25. The molecule has 12 heavy (non-hydrogen) atoms. The van der Waals surface area contributed by atoms with Crippen LogP contribution in [0.25, 0.3) is 0 Å². The lowest BCUT2D eigenvalue weighted by atomic mass is 10.4. The Hall–Kier alpha value is -0.630. The van der Waals surface area contributed by atoms with Crippen molar-refractivity contribution >= 4 is 5.71 Å². The molecular formula is C10H18N2. The molecule has 2 heteroatoms. The van der Waals surface area contributed by atoms with Gasteiger partial charge in [-0.05, 0) is 33.7 Å². The van der Waals surface area contributed by atoms with Crippen LogP contribution >= 0.6 is 0 Å². The molecule has 0 aliphatic heterocycles. The molecule has 2 nitrogen and oxygen atoms in total. The molecule has 0 radical (unpaired) electrons. The van der Waals surface area contributed by atoms with Gasteiger partial charge in [-0.3, -0.25) is 9.89 Å². The zero-order chi connectivity index (χ0) is 8.97. The Morgan fingerprint density at radius 2 is 2.25 bits per heavy atom. The van der Waals surface area contributed by atoms with Crippen molar-refractivity contribution in [3.63, 3.8) is 0 Å². The van der Waals surface area contributed by atoms with Crippen molar-refractivity contribution in [2.75, 3.05) is 13.6 Å². The van der Waals surface area contributed by atoms with Crippen LogP contribution in [0.1, 0.15) is 26.7 Å². The van der Waals surface area contributed by atoms with Gasteiger partial charge >= 0.3 is 0 Å². The highest BCUT2D eigenvalue weighted by atomic mass is 15.2. The predicted octanol–water partition coefficient (Wildman–Crippen LogP) is 2.08. The summed E-state index contributed by atoms with van der Waals surface area (Å²) in [6.07, 6.45) is 6.55. The normalized spacial score (nSPS) is 19.5. The summed E-state index contributed by atoms with van der Waals surface area (Å²) in [6, 6.07) is 0.834. The first kappa shape index (κ1) is 9.46. The number of nitrogens with zero attached hydrogens (tertiary/aromatic N) is 2. The monoisotopic (exact) mass is 166 g/mol. The summed E-state index contributed by atoms with van der Waals surface area (Å²) in [7, 11) is 2.17. The van der Waals surface area contributed by atoms with E-state index in [0.29, 0.717) is 0 Å². The van der Waals surface area contributed by atoms with Crippen LogP contribution < -0.4 is 0 Å². The van der Waals surface area contributed by atoms with E-state index in [2.05, 4.69) is 23.9 Å². The minimum atomic E-state index is 0.834. The SMILES string of the molecule is C/C=C\N=C(/C)CN(C)C1CC1. The Morgan fingerprint density at radius 3 is 2.75 bits per heavy atom. The van der Waals surface area contributed by atoms with Gasteiger partial charge in [-0.2, -0.15) is 0 Å². The summed E-state index contributed by atoms with van der Waals surface area (Å²) >= 11 is 0. The highest BCUT2D eigenvalue weighted by Gasteiger charge is 2.25. The van der Waals surface area contributed by atoms with Crippen LogP contribution in [0.3, 0.4) is 0 Å². The second kappa shape index (κ2) is 4.41. The molecule has 0 saturated heterocycles. The summed E-state index contributed by atoms with van der Waals surface area (Å²) in [4.78, 5) is 6.66. The van der Waals surface area contributed by atoms with E-state index in [0.717, 1.165) is 12.6 Å². The molecule has 1 aliphatic rings. The fourth-order valence-corrected chi connectivity index (χ4v) is 1.25. The van der Waals surface area contributed by atoms with Crippen molar-refractivity contribution in [3.8, 4) is 0 Å². The first-order valence-corrected chi connectivity index (χ1v) is 4.58. The topological polar surface area (TPSA) is 15.6 Å². The fraction of sp³-hybridized carbons (Fsp3) is 0.700. The molecule has 0 aromatic rings. The highest BCUT2D eigenvalue weighted by Crippen LogP contribution is 2.24. The molecule has 0 aromatic heterocycles. The molecule has 1 fully saturated rings.